The van der Waals surface area contributed by atoms with Crippen LogP contribution >= 0.6 is 0 Å². The van der Waals surface area contributed by atoms with E-state index in [2.05, 4.69) is 20.4 Å². The normalized spacial score (nSPS) is 14.8. The van der Waals surface area contributed by atoms with Gasteiger partial charge in [0.25, 0.3) is 0 Å². The Bertz CT molecular complexity index is 1290. The number of aryl methyl sites for hydroxylation is 2. The average Bonchev–Trinajstić information content (AvgIpc) is 3.48. The lowest BCUT2D eigenvalue weighted by atomic mass is 10.1. The molecule has 1 N–H and O–H groups in total. The highest BCUT2D eigenvalue weighted by Gasteiger charge is 2.30. The maximum absolute atomic E-state index is 15.4. The Morgan fingerprint density at radius 2 is 2.03 bits per heavy atom. The van der Waals surface area contributed by atoms with Gasteiger partial charge in [0.2, 0.25) is 0 Å². The van der Waals surface area contributed by atoms with E-state index >= 15 is 4.39 Å². The standard InChI is InChI=1S/C25H26FN5O2/c1-13-9-20-24(27-13)21(11-16(28-20)12-22(32)15-5-6-15)29-18-8-7-17(23(26)25(18)33-4)19-10-14(2)31(3)30-19/h7-8,10-11,15H,5-6,9,12H2,1-4H3,(H,28,29). The Labute approximate surface area is 191 Å². The molecule has 1 aliphatic carbocycles. The second-order valence-electron chi connectivity index (χ2n) is 8.83. The molecule has 2 aliphatic rings. The van der Waals surface area contributed by atoms with Crippen LogP contribution in [0.2, 0.25) is 0 Å². The smallest absolute Gasteiger partial charge is 0.178 e. The van der Waals surface area contributed by atoms with Crippen LogP contribution in [-0.4, -0.2) is 33.4 Å². The maximum Gasteiger partial charge on any atom is 0.178 e. The summed E-state index contributed by atoms with van der Waals surface area (Å²) in [6.45, 7) is 3.87. The van der Waals surface area contributed by atoms with Gasteiger partial charge in [0, 0.05) is 42.8 Å². The second-order valence-corrected chi connectivity index (χ2v) is 8.83. The van der Waals surface area contributed by atoms with E-state index in [9.17, 15) is 4.79 Å². The summed E-state index contributed by atoms with van der Waals surface area (Å²) < 4.78 is 22.6. The molecule has 0 atom stereocenters. The first-order valence-corrected chi connectivity index (χ1v) is 11.1. The Morgan fingerprint density at radius 3 is 2.70 bits per heavy atom. The van der Waals surface area contributed by atoms with E-state index in [0.717, 1.165) is 35.6 Å². The van der Waals surface area contributed by atoms with Gasteiger partial charge < -0.3 is 10.1 Å². The molecule has 1 aromatic carbocycles. The molecule has 1 fully saturated rings. The number of anilines is 2. The lowest BCUT2D eigenvalue weighted by Crippen LogP contribution is -2.08. The molecule has 8 heteroatoms. The van der Waals surface area contributed by atoms with Gasteiger partial charge in [-0.2, -0.15) is 5.10 Å². The fourth-order valence-electron chi connectivity index (χ4n) is 4.17. The molecule has 1 saturated carbocycles. The van der Waals surface area contributed by atoms with Crippen LogP contribution in [0.5, 0.6) is 5.75 Å². The summed E-state index contributed by atoms with van der Waals surface area (Å²) in [7, 11) is 3.26. The summed E-state index contributed by atoms with van der Waals surface area (Å²) >= 11 is 0. The van der Waals surface area contributed by atoms with Gasteiger partial charge in [-0.05, 0) is 51.0 Å². The molecule has 0 saturated heterocycles. The van der Waals surface area contributed by atoms with Gasteiger partial charge in [-0.25, -0.2) is 4.39 Å². The lowest BCUT2D eigenvalue weighted by Gasteiger charge is -2.16. The third-order valence-electron chi connectivity index (χ3n) is 6.19. The predicted octanol–water partition coefficient (Wildman–Crippen LogP) is 4.85. The Morgan fingerprint density at radius 1 is 1.24 bits per heavy atom. The summed E-state index contributed by atoms with van der Waals surface area (Å²) in [5.41, 5.74) is 6.21. The SMILES string of the molecule is COc1c(Nc2cc(CC(=O)C3CC3)nc3c2N=C(C)C3)ccc(-c2cc(C)n(C)n2)c1F. The van der Waals surface area contributed by atoms with Crippen LogP contribution < -0.4 is 10.1 Å². The number of hydrogen-bond donors (Lipinski definition) is 1. The maximum atomic E-state index is 15.4. The molecule has 0 amide bonds. The van der Waals surface area contributed by atoms with E-state index in [1.807, 2.05) is 33.0 Å². The zero-order valence-corrected chi connectivity index (χ0v) is 19.2. The summed E-state index contributed by atoms with van der Waals surface area (Å²) in [5.74, 6) is -0.000113. The number of methoxy groups -OCH3 is 1. The van der Waals surface area contributed by atoms with Crippen molar-refractivity contribution in [3.63, 3.8) is 0 Å². The Kier molecular flexibility index (Phi) is 5.23. The van der Waals surface area contributed by atoms with Gasteiger partial charge in [-0.1, -0.05) is 0 Å². The van der Waals surface area contributed by atoms with Crippen molar-refractivity contribution >= 4 is 28.6 Å². The van der Waals surface area contributed by atoms with Gasteiger partial charge in [-0.3, -0.25) is 19.5 Å². The van der Waals surface area contributed by atoms with Crippen LogP contribution in [0.3, 0.4) is 0 Å². The van der Waals surface area contributed by atoms with Gasteiger partial charge in [0.15, 0.2) is 11.6 Å². The molecule has 3 aromatic rings. The van der Waals surface area contributed by atoms with Crippen molar-refractivity contribution in [2.45, 2.75) is 39.5 Å². The van der Waals surface area contributed by atoms with Gasteiger partial charge in [-0.15, -0.1) is 0 Å². The van der Waals surface area contributed by atoms with Crippen molar-refractivity contribution < 1.29 is 13.9 Å². The molecule has 7 nitrogen and oxygen atoms in total. The van der Waals surface area contributed by atoms with Crippen molar-refractivity contribution in [1.82, 2.24) is 14.8 Å². The predicted molar refractivity (Wildman–Crippen MR) is 125 cm³/mol. The van der Waals surface area contributed by atoms with Gasteiger partial charge in [0.1, 0.15) is 11.5 Å². The molecule has 0 spiro atoms. The third kappa shape index (κ3) is 4.01. The highest BCUT2D eigenvalue weighted by Crippen LogP contribution is 2.41. The molecule has 5 rings (SSSR count). The first-order chi connectivity index (χ1) is 15.8. The van der Waals surface area contributed by atoms with E-state index in [0.29, 0.717) is 41.2 Å². The van der Waals surface area contributed by atoms with Gasteiger partial charge >= 0.3 is 0 Å². The van der Waals surface area contributed by atoms with E-state index in [1.165, 1.54) is 7.11 Å². The molecule has 0 bridgehead atoms. The largest absolute Gasteiger partial charge is 0.492 e. The van der Waals surface area contributed by atoms with Gasteiger partial charge in [0.05, 0.1) is 35.6 Å². The number of carbonyl (C=O) groups is 1. The van der Waals surface area contributed by atoms with E-state index in [1.54, 1.807) is 16.8 Å². The highest BCUT2D eigenvalue weighted by molar-refractivity contribution is 5.96. The van der Waals surface area contributed by atoms with Crippen LogP contribution in [0.1, 0.15) is 36.8 Å². The molecular formula is C25H26FN5O2. The average molecular weight is 448 g/mol. The van der Waals surface area contributed by atoms with Crippen molar-refractivity contribution in [2.24, 2.45) is 18.0 Å². The lowest BCUT2D eigenvalue weighted by molar-refractivity contribution is -0.119. The Hall–Kier alpha value is -3.55. The van der Waals surface area contributed by atoms with Crippen LogP contribution in [0.15, 0.2) is 29.3 Å². The monoisotopic (exact) mass is 447 g/mol. The van der Waals surface area contributed by atoms with Crippen LogP contribution in [0.4, 0.5) is 21.5 Å². The van der Waals surface area contributed by atoms with Crippen LogP contribution in [0, 0.1) is 18.7 Å². The quantitative estimate of drug-likeness (QED) is 0.560. The topological polar surface area (TPSA) is 81.4 Å². The Balaban J connectivity index is 1.52. The van der Waals surface area contributed by atoms with Crippen molar-refractivity contribution in [3.05, 3.63) is 47.2 Å². The third-order valence-corrected chi connectivity index (χ3v) is 6.19. The molecule has 0 unspecified atom stereocenters. The van der Waals surface area contributed by atoms with Crippen LogP contribution in [-0.2, 0) is 24.7 Å². The summed E-state index contributed by atoms with van der Waals surface area (Å²) in [6, 6.07) is 7.14. The van der Waals surface area contributed by atoms with E-state index in [4.69, 9.17) is 4.74 Å². The minimum Gasteiger partial charge on any atom is -0.492 e. The number of benzene rings is 1. The molecular weight excluding hydrogens is 421 g/mol. The number of carbonyl (C=O) groups excluding carboxylic acids is 1. The number of nitrogens with zero attached hydrogens (tertiary/aromatic N) is 4. The van der Waals surface area contributed by atoms with Crippen molar-refractivity contribution in [2.75, 3.05) is 12.4 Å². The number of ether oxygens (including phenoxy) is 1. The number of pyridine rings is 1. The van der Waals surface area contributed by atoms with E-state index < -0.39 is 5.82 Å². The first kappa shape index (κ1) is 21.3. The molecule has 3 heterocycles. The van der Waals surface area contributed by atoms with E-state index in [-0.39, 0.29) is 17.5 Å². The second kappa shape index (κ2) is 8.10. The summed E-state index contributed by atoms with van der Waals surface area (Å²) in [6.07, 6.45) is 2.87. The number of fused-ring (bicyclic) bond motifs is 1. The number of aliphatic imine (C=N–C) groups is 1. The fraction of sp³-hybridized carbons (Fsp3) is 0.360. The number of hydrogen-bond acceptors (Lipinski definition) is 6. The molecule has 1 aliphatic heterocycles. The number of ketones is 1. The summed E-state index contributed by atoms with van der Waals surface area (Å²) in [4.78, 5) is 21.7. The first-order valence-electron chi connectivity index (χ1n) is 11.1. The van der Waals surface area contributed by atoms with Crippen molar-refractivity contribution in [1.29, 1.82) is 0 Å². The number of aromatic nitrogens is 3. The molecule has 0 radical (unpaired) electrons. The zero-order valence-electron chi connectivity index (χ0n) is 19.2. The highest BCUT2D eigenvalue weighted by atomic mass is 19.1. The molecule has 33 heavy (non-hydrogen) atoms. The van der Waals surface area contributed by atoms with Crippen molar-refractivity contribution in [3.8, 4) is 17.0 Å². The number of rotatable bonds is 7. The molecule has 170 valence electrons. The van der Waals surface area contributed by atoms with Crippen LogP contribution in [0.25, 0.3) is 11.3 Å². The minimum absolute atomic E-state index is 0.0932. The number of halogens is 1. The summed E-state index contributed by atoms with van der Waals surface area (Å²) in [5, 5.41) is 7.68. The molecule has 2 aromatic heterocycles. The minimum atomic E-state index is -0.491. The zero-order chi connectivity index (χ0) is 23.3. The number of nitrogens with one attached hydrogen (secondary N) is 1. The number of Topliss-reactive ketones (excluding diaryl/α,β-unsaturated/α-hetero) is 1. The fourth-order valence-corrected chi connectivity index (χ4v) is 4.17.